The van der Waals surface area contributed by atoms with Gasteiger partial charge in [-0.1, -0.05) is 18.2 Å². The van der Waals surface area contributed by atoms with Crippen molar-refractivity contribution in [2.24, 2.45) is 22.2 Å². The van der Waals surface area contributed by atoms with Crippen LogP contribution in [0.15, 0.2) is 35.5 Å². The molecule has 0 radical (unpaired) electrons. The summed E-state index contributed by atoms with van der Waals surface area (Å²) in [4.78, 5) is 56.1. The number of hydrogen-bond donors (Lipinski definition) is 9. The summed E-state index contributed by atoms with van der Waals surface area (Å²) in [6, 6.07) is 2.71. The third kappa shape index (κ3) is 8.77. The Hall–Kier alpha value is -4.17. The first-order valence-electron chi connectivity index (χ1n) is 11.6. The predicted octanol–water partition coefficient (Wildman–Crippen LogP) is -2.36. The van der Waals surface area contributed by atoms with Crippen LogP contribution in [0.5, 0.6) is 0 Å². The number of carbonyl (C=O) groups excluding carboxylic acids is 3. The van der Waals surface area contributed by atoms with Crippen molar-refractivity contribution < 1.29 is 29.4 Å². The zero-order chi connectivity index (χ0) is 27.5. The molecular formula is C23H34N8O6. The minimum Gasteiger partial charge on any atom is -0.480 e. The number of hydrogen-bond acceptors (Lipinski definition) is 7. The number of H-pyrrole nitrogens is 1. The van der Waals surface area contributed by atoms with Crippen LogP contribution < -0.4 is 33.2 Å². The number of guanidine groups is 1. The van der Waals surface area contributed by atoms with Crippen LogP contribution in [0.2, 0.25) is 0 Å². The second kappa shape index (κ2) is 13.8. The van der Waals surface area contributed by atoms with Crippen LogP contribution in [0.3, 0.4) is 0 Å². The van der Waals surface area contributed by atoms with Gasteiger partial charge in [-0.05, 0) is 37.8 Å². The average molecular weight is 519 g/mol. The van der Waals surface area contributed by atoms with E-state index in [1.807, 2.05) is 24.3 Å². The molecule has 0 bridgehead atoms. The van der Waals surface area contributed by atoms with Gasteiger partial charge in [0.05, 0.1) is 12.6 Å². The SMILES string of the molecule is CC(NC(=O)C(CCCN=C(N)N)NC(=O)C(CO)NC(=O)C(N)Cc1c[nH]c2ccccc12)C(=O)O. The van der Waals surface area contributed by atoms with Gasteiger partial charge in [-0.25, -0.2) is 0 Å². The van der Waals surface area contributed by atoms with Gasteiger partial charge >= 0.3 is 5.97 Å². The lowest BCUT2D eigenvalue weighted by molar-refractivity contribution is -0.141. The number of fused-ring (bicyclic) bond motifs is 1. The zero-order valence-electron chi connectivity index (χ0n) is 20.4. The molecule has 3 amide bonds. The van der Waals surface area contributed by atoms with Crippen molar-refractivity contribution in [3.8, 4) is 0 Å². The Morgan fingerprint density at radius 1 is 1.03 bits per heavy atom. The first kappa shape index (κ1) is 29.1. The number of para-hydroxylation sites is 1. The number of aromatic amines is 1. The average Bonchev–Trinajstić information content (AvgIpc) is 3.26. The number of aliphatic hydroxyl groups excluding tert-OH is 1. The smallest absolute Gasteiger partial charge is 0.325 e. The van der Waals surface area contributed by atoms with Gasteiger partial charge in [0, 0.05) is 23.6 Å². The van der Waals surface area contributed by atoms with Gasteiger partial charge in [0.2, 0.25) is 17.7 Å². The first-order valence-corrected chi connectivity index (χ1v) is 11.6. The van der Waals surface area contributed by atoms with E-state index in [2.05, 4.69) is 25.9 Å². The second-order valence-corrected chi connectivity index (χ2v) is 8.49. The van der Waals surface area contributed by atoms with E-state index in [9.17, 15) is 24.3 Å². The molecule has 2 aromatic rings. The van der Waals surface area contributed by atoms with E-state index >= 15 is 0 Å². The van der Waals surface area contributed by atoms with Gasteiger partial charge in [0.25, 0.3) is 0 Å². The highest BCUT2D eigenvalue weighted by molar-refractivity contribution is 5.94. The van der Waals surface area contributed by atoms with E-state index in [4.69, 9.17) is 22.3 Å². The summed E-state index contributed by atoms with van der Waals surface area (Å²) in [6.07, 6.45) is 2.27. The Bertz CT molecular complexity index is 1130. The number of aliphatic hydroxyl groups is 1. The van der Waals surface area contributed by atoms with Gasteiger partial charge in [0.15, 0.2) is 5.96 Å². The summed E-state index contributed by atoms with van der Waals surface area (Å²) in [5, 5.41) is 26.8. The molecule has 0 fully saturated rings. The molecule has 37 heavy (non-hydrogen) atoms. The topological polar surface area (TPSA) is 251 Å². The summed E-state index contributed by atoms with van der Waals surface area (Å²) in [6.45, 7) is 0.676. The molecule has 0 saturated carbocycles. The van der Waals surface area contributed by atoms with Crippen LogP contribution in [0, 0.1) is 0 Å². The van der Waals surface area contributed by atoms with Crippen molar-refractivity contribution in [1.82, 2.24) is 20.9 Å². The molecule has 14 nitrogen and oxygen atoms in total. The highest BCUT2D eigenvalue weighted by Gasteiger charge is 2.29. The molecule has 12 N–H and O–H groups in total. The fourth-order valence-corrected chi connectivity index (χ4v) is 3.52. The quantitative estimate of drug-likeness (QED) is 0.0735. The number of carbonyl (C=O) groups is 4. The van der Waals surface area contributed by atoms with E-state index < -0.39 is 54.5 Å². The Kier molecular flexibility index (Phi) is 10.8. The molecule has 2 rings (SSSR count). The minimum absolute atomic E-state index is 0.0624. The number of nitrogens with two attached hydrogens (primary N) is 3. The lowest BCUT2D eigenvalue weighted by Gasteiger charge is -2.23. The molecular weight excluding hydrogens is 484 g/mol. The largest absolute Gasteiger partial charge is 0.480 e. The Labute approximate surface area is 213 Å². The maximum Gasteiger partial charge on any atom is 0.325 e. The van der Waals surface area contributed by atoms with Crippen LogP contribution in [0.1, 0.15) is 25.3 Å². The normalized spacial score (nSPS) is 14.1. The zero-order valence-corrected chi connectivity index (χ0v) is 20.4. The number of aromatic nitrogens is 1. The summed E-state index contributed by atoms with van der Waals surface area (Å²) >= 11 is 0. The lowest BCUT2D eigenvalue weighted by Crippen LogP contribution is -2.58. The molecule has 1 aromatic heterocycles. The Balaban J connectivity index is 2.03. The number of carboxylic acids is 1. The predicted molar refractivity (Wildman–Crippen MR) is 136 cm³/mol. The number of nitrogens with one attached hydrogen (secondary N) is 4. The van der Waals surface area contributed by atoms with Gasteiger partial charge in [-0.15, -0.1) is 0 Å². The van der Waals surface area contributed by atoms with Crippen molar-refractivity contribution in [3.63, 3.8) is 0 Å². The summed E-state index contributed by atoms with van der Waals surface area (Å²) in [7, 11) is 0. The van der Waals surface area contributed by atoms with Crippen molar-refractivity contribution in [2.45, 2.75) is 50.4 Å². The third-order valence-electron chi connectivity index (χ3n) is 5.57. The molecule has 0 saturated heterocycles. The van der Waals surface area contributed by atoms with Crippen LogP contribution >= 0.6 is 0 Å². The molecule has 0 spiro atoms. The first-order chi connectivity index (χ1) is 17.5. The van der Waals surface area contributed by atoms with E-state index in [-0.39, 0.29) is 31.8 Å². The molecule has 4 atom stereocenters. The van der Waals surface area contributed by atoms with Crippen LogP contribution in [-0.4, -0.2) is 82.2 Å². The second-order valence-electron chi connectivity index (χ2n) is 8.49. The Morgan fingerprint density at radius 3 is 2.32 bits per heavy atom. The number of aliphatic carboxylic acids is 1. The highest BCUT2D eigenvalue weighted by atomic mass is 16.4. The standard InChI is InChI=1S/C23H34N8O6/c1-12(22(36)37)29-20(34)17(7-4-8-27-23(25)26)30-21(35)18(11-32)31-19(33)15(24)9-13-10-28-16-6-3-2-5-14(13)16/h2-3,5-6,10,12,15,17-18,28,32H,4,7-9,11,24H2,1H3,(H,29,34)(H,30,35)(H,31,33)(H,36,37)(H4,25,26,27). The van der Waals surface area contributed by atoms with E-state index in [0.29, 0.717) is 0 Å². The highest BCUT2D eigenvalue weighted by Crippen LogP contribution is 2.18. The summed E-state index contributed by atoms with van der Waals surface area (Å²) in [5.41, 5.74) is 18.3. The van der Waals surface area contributed by atoms with Crippen molar-refractivity contribution in [1.29, 1.82) is 0 Å². The molecule has 14 heteroatoms. The molecule has 0 aliphatic carbocycles. The maximum absolute atomic E-state index is 12.8. The van der Waals surface area contributed by atoms with Crippen LogP contribution in [0.25, 0.3) is 10.9 Å². The van der Waals surface area contributed by atoms with Crippen molar-refractivity contribution in [3.05, 3.63) is 36.0 Å². The number of benzene rings is 1. The van der Waals surface area contributed by atoms with Gasteiger partial charge < -0.3 is 48.3 Å². The number of carboxylic acid groups (broad SMARTS) is 1. The fraction of sp³-hybridized carbons (Fsp3) is 0.435. The van der Waals surface area contributed by atoms with E-state index in [0.717, 1.165) is 16.5 Å². The monoisotopic (exact) mass is 518 g/mol. The molecule has 0 aliphatic rings. The summed E-state index contributed by atoms with van der Waals surface area (Å²) in [5.74, 6) is -3.68. The number of amides is 3. The molecule has 1 heterocycles. The Morgan fingerprint density at radius 2 is 1.68 bits per heavy atom. The minimum atomic E-state index is -1.40. The van der Waals surface area contributed by atoms with Crippen molar-refractivity contribution >= 4 is 40.6 Å². The van der Waals surface area contributed by atoms with Crippen LogP contribution in [0.4, 0.5) is 0 Å². The fourth-order valence-electron chi connectivity index (χ4n) is 3.52. The number of rotatable bonds is 14. The summed E-state index contributed by atoms with van der Waals surface area (Å²) < 4.78 is 0. The molecule has 1 aromatic carbocycles. The maximum atomic E-state index is 12.8. The molecule has 0 aliphatic heterocycles. The molecule has 202 valence electrons. The van der Waals surface area contributed by atoms with Crippen molar-refractivity contribution in [2.75, 3.05) is 13.2 Å². The van der Waals surface area contributed by atoms with Gasteiger partial charge in [0.1, 0.15) is 18.1 Å². The van der Waals surface area contributed by atoms with Crippen LogP contribution in [-0.2, 0) is 25.6 Å². The molecule has 4 unspecified atom stereocenters. The number of nitrogens with zero attached hydrogens (tertiary/aromatic N) is 1. The van der Waals surface area contributed by atoms with E-state index in [1.54, 1.807) is 6.20 Å². The van der Waals surface area contributed by atoms with E-state index in [1.165, 1.54) is 6.92 Å². The lowest BCUT2D eigenvalue weighted by atomic mass is 10.0. The number of aliphatic imine (C=N–C) groups is 1. The van der Waals surface area contributed by atoms with Gasteiger partial charge in [-0.2, -0.15) is 0 Å². The van der Waals surface area contributed by atoms with Gasteiger partial charge in [-0.3, -0.25) is 24.2 Å². The third-order valence-corrected chi connectivity index (χ3v) is 5.57.